The van der Waals surface area contributed by atoms with E-state index in [4.69, 9.17) is 4.43 Å². The third-order valence-electron chi connectivity index (χ3n) is 4.73. The molecule has 0 fully saturated rings. The topological polar surface area (TPSA) is 9.23 Å². The summed E-state index contributed by atoms with van der Waals surface area (Å²) in [7, 11) is -2.46. The van der Waals surface area contributed by atoms with Gasteiger partial charge in [-0.3, -0.25) is 0 Å². The summed E-state index contributed by atoms with van der Waals surface area (Å²) in [6.45, 7) is 6.45. The molecule has 124 valence electrons. The summed E-state index contributed by atoms with van der Waals surface area (Å²) >= 11 is 2.48. The lowest BCUT2D eigenvalue weighted by Gasteiger charge is -2.36. The van der Waals surface area contributed by atoms with Crippen LogP contribution in [-0.4, -0.2) is 14.4 Å². The number of halogens is 1. The summed E-state index contributed by atoms with van der Waals surface area (Å²) < 4.78 is 8.32. The summed E-state index contributed by atoms with van der Waals surface area (Å²) in [5, 5.41) is 2.53. The van der Waals surface area contributed by atoms with Gasteiger partial charge in [-0.05, 0) is 59.2 Å². The standard InChI is InChI=1S/C21H23IOSi/c1-3-24(18-12-6-4-7-13-18,19-14-8-5-9-15-19)23-20-16-10-11-17(2)21(20)22/h3-9,12-15,20H,1,10-11,16H2,2H3. The molecule has 0 saturated heterocycles. The van der Waals surface area contributed by atoms with Gasteiger partial charge in [-0.1, -0.05) is 71.9 Å². The van der Waals surface area contributed by atoms with Crippen molar-refractivity contribution in [3.8, 4) is 0 Å². The molecule has 1 atom stereocenters. The quantitative estimate of drug-likeness (QED) is 0.476. The van der Waals surface area contributed by atoms with E-state index in [2.05, 4.69) is 102 Å². The maximum absolute atomic E-state index is 6.94. The zero-order valence-corrected chi connectivity index (χ0v) is 17.2. The second-order valence-electron chi connectivity index (χ2n) is 6.30. The van der Waals surface area contributed by atoms with Crippen LogP contribution in [0, 0.1) is 0 Å². The van der Waals surface area contributed by atoms with Crippen molar-refractivity contribution in [1.82, 2.24) is 0 Å². The predicted octanol–water partition coefficient (Wildman–Crippen LogP) is 4.75. The summed E-state index contributed by atoms with van der Waals surface area (Å²) in [5.41, 5.74) is 3.56. The van der Waals surface area contributed by atoms with Gasteiger partial charge in [-0.2, -0.15) is 0 Å². The Bertz CT molecular complexity index is 685. The van der Waals surface area contributed by atoms with Crippen LogP contribution in [0.1, 0.15) is 26.2 Å². The van der Waals surface area contributed by atoms with Gasteiger partial charge in [0.2, 0.25) is 0 Å². The van der Waals surface area contributed by atoms with E-state index < -0.39 is 8.32 Å². The van der Waals surface area contributed by atoms with Crippen LogP contribution in [0.3, 0.4) is 0 Å². The van der Waals surface area contributed by atoms with Crippen molar-refractivity contribution in [2.75, 3.05) is 0 Å². The average Bonchev–Trinajstić information content (AvgIpc) is 2.65. The van der Waals surface area contributed by atoms with E-state index in [0.717, 1.165) is 6.42 Å². The van der Waals surface area contributed by atoms with Gasteiger partial charge in [0.15, 0.2) is 0 Å². The van der Waals surface area contributed by atoms with Crippen LogP contribution >= 0.6 is 22.6 Å². The number of hydrogen-bond acceptors (Lipinski definition) is 1. The number of allylic oxidation sites excluding steroid dienone is 1. The predicted molar refractivity (Wildman–Crippen MR) is 114 cm³/mol. The lowest BCUT2D eigenvalue weighted by Crippen LogP contribution is -2.61. The molecule has 0 spiro atoms. The SMILES string of the molecule is C=C[Si](OC1CCCC(C)=C1I)(c1ccccc1)c1ccccc1. The molecule has 1 aliphatic rings. The fourth-order valence-corrected chi connectivity index (χ4v) is 7.55. The van der Waals surface area contributed by atoms with Crippen LogP contribution in [0.5, 0.6) is 0 Å². The highest BCUT2D eigenvalue weighted by molar-refractivity contribution is 14.1. The first-order valence-corrected chi connectivity index (χ1v) is 11.5. The Morgan fingerprint density at radius 2 is 1.58 bits per heavy atom. The molecule has 0 N–H and O–H groups in total. The highest BCUT2D eigenvalue weighted by Gasteiger charge is 2.40. The molecule has 24 heavy (non-hydrogen) atoms. The molecule has 2 aromatic carbocycles. The Hall–Kier alpha value is -1.17. The van der Waals surface area contributed by atoms with Crippen LogP contribution in [-0.2, 0) is 4.43 Å². The second kappa shape index (κ2) is 7.81. The monoisotopic (exact) mass is 446 g/mol. The van der Waals surface area contributed by atoms with Crippen molar-refractivity contribution in [3.05, 3.63) is 82.1 Å². The van der Waals surface area contributed by atoms with Crippen molar-refractivity contribution in [3.63, 3.8) is 0 Å². The molecule has 0 bridgehead atoms. The Morgan fingerprint density at radius 3 is 2.08 bits per heavy atom. The first-order chi connectivity index (χ1) is 11.7. The molecule has 0 aromatic heterocycles. The average molecular weight is 446 g/mol. The van der Waals surface area contributed by atoms with Gasteiger partial charge >= 0.3 is 0 Å². The van der Waals surface area contributed by atoms with E-state index in [9.17, 15) is 0 Å². The molecular formula is C21H23IOSi. The smallest absolute Gasteiger partial charge is 0.280 e. The van der Waals surface area contributed by atoms with E-state index >= 15 is 0 Å². The molecule has 0 amide bonds. The molecule has 1 nitrogen and oxygen atoms in total. The molecular weight excluding hydrogens is 423 g/mol. The maximum Gasteiger partial charge on any atom is 0.280 e. The van der Waals surface area contributed by atoms with Crippen molar-refractivity contribution in [2.45, 2.75) is 32.3 Å². The largest absolute Gasteiger partial charge is 0.397 e. The van der Waals surface area contributed by atoms with E-state index in [-0.39, 0.29) is 6.10 Å². The summed E-state index contributed by atoms with van der Waals surface area (Å²) in [6.07, 6.45) is 3.67. The fraction of sp³-hybridized carbons (Fsp3) is 0.238. The third-order valence-corrected chi connectivity index (χ3v) is 9.96. The summed E-state index contributed by atoms with van der Waals surface area (Å²) in [6, 6.07) is 21.3. The molecule has 0 saturated carbocycles. The number of hydrogen-bond donors (Lipinski definition) is 0. The highest BCUT2D eigenvalue weighted by Crippen LogP contribution is 2.33. The Balaban J connectivity index is 2.09. The molecule has 2 aromatic rings. The molecule has 0 heterocycles. The van der Waals surface area contributed by atoms with Crippen molar-refractivity contribution >= 4 is 41.3 Å². The first kappa shape index (κ1) is 17.6. The van der Waals surface area contributed by atoms with E-state index in [1.54, 1.807) is 0 Å². The first-order valence-electron chi connectivity index (χ1n) is 8.45. The zero-order chi connectivity index (χ0) is 17.0. The highest BCUT2D eigenvalue weighted by atomic mass is 127. The minimum atomic E-state index is -2.46. The van der Waals surface area contributed by atoms with Gasteiger partial charge in [-0.15, -0.1) is 6.58 Å². The molecule has 0 radical (unpaired) electrons. The van der Waals surface area contributed by atoms with Crippen LogP contribution in [0.4, 0.5) is 0 Å². The maximum atomic E-state index is 6.94. The Kier molecular flexibility index (Phi) is 5.74. The van der Waals surface area contributed by atoms with Gasteiger partial charge < -0.3 is 4.43 Å². The summed E-state index contributed by atoms with van der Waals surface area (Å²) in [5.74, 6) is 0. The van der Waals surface area contributed by atoms with Gasteiger partial charge in [-0.25, -0.2) is 0 Å². The van der Waals surface area contributed by atoms with Gasteiger partial charge in [0.25, 0.3) is 8.32 Å². The van der Waals surface area contributed by atoms with Gasteiger partial charge in [0.05, 0.1) is 6.10 Å². The number of rotatable bonds is 5. The Labute approximate surface area is 159 Å². The summed E-state index contributed by atoms with van der Waals surface area (Å²) in [4.78, 5) is 0. The lowest BCUT2D eigenvalue weighted by molar-refractivity contribution is 0.227. The van der Waals surface area contributed by atoms with E-state index in [1.807, 2.05) is 0 Å². The Morgan fingerprint density at radius 1 is 1.04 bits per heavy atom. The van der Waals surface area contributed by atoms with Crippen LogP contribution in [0.2, 0.25) is 0 Å². The van der Waals surface area contributed by atoms with Crippen molar-refractivity contribution < 1.29 is 4.43 Å². The normalized spacial score (nSPS) is 18.5. The van der Waals surface area contributed by atoms with Gasteiger partial charge in [0, 0.05) is 3.58 Å². The molecule has 3 rings (SSSR count). The minimum Gasteiger partial charge on any atom is -0.397 e. The zero-order valence-electron chi connectivity index (χ0n) is 14.0. The molecule has 1 unspecified atom stereocenters. The molecule has 3 heteroatoms. The van der Waals surface area contributed by atoms with Crippen LogP contribution < -0.4 is 10.4 Å². The second-order valence-corrected chi connectivity index (χ2v) is 10.7. The minimum absolute atomic E-state index is 0.185. The fourth-order valence-electron chi connectivity index (χ4n) is 3.37. The molecule has 1 aliphatic carbocycles. The van der Waals surface area contributed by atoms with E-state index in [1.165, 1.54) is 32.4 Å². The third kappa shape index (κ3) is 3.43. The van der Waals surface area contributed by atoms with Crippen molar-refractivity contribution in [2.24, 2.45) is 0 Å². The van der Waals surface area contributed by atoms with Crippen LogP contribution in [0.25, 0.3) is 0 Å². The lowest BCUT2D eigenvalue weighted by atomic mass is 9.99. The van der Waals surface area contributed by atoms with Gasteiger partial charge in [0.1, 0.15) is 0 Å². The van der Waals surface area contributed by atoms with Crippen LogP contribution in [0.15, 0.2) is 82.1 Å². The van der Waals surface area contributed by atoms with Crippen molar-refractivity contribution in [1.29, 1.82) is 0 Å². The van der Waals surface area contributed by atoms with E-state index in [0.29, 0.717) is 0 Å². The number of benzene rings is 2. The molecule has 0 aliphatic heterocycles.